The molecule has 1 fully saturated rings. The first-order chi connectivity index (χ1) is 4.34. The lowest BCUT2D eigenvalue weighted by Gasteiger charge is -2.15. The molecule has 1 saturated heterocycles. The predicted octanol–water partition coefficient (Wildman–Crippen LogP) is 1.40. The topological polar surface area (TPSA) is 12.5 Å². The Labute approximate surface area is 75.9 Å². The van der Waals surface area contributed by atoms with Gasteiger partial charge in [-0.05, 0) is 12.8 Å². The van der Waals surface area contributed by atoms with E-state index in [0.29, 0.717) is 6.04 Å². The van der Waals surface area contributed by atoms with Crippen molar-refractivity contribution < 1.29 is 18.9 Å². The molecule has 0 amide bonds. The van der Waals surface area contributed by atoms with E-state index in [4.69, 9.17) is 4.74 Å². The van der Waals surface area contributed by atoms with Crippen molar-refractivity contribution in [2.24, 2.45) is 0 Å². The van der Waals surface area contributed by atoms with Gasteiger partial charge >= 0.3 is 0 Å². The van der Waals surface area contributed by atoms with Crippen LogP contribution in [0.2, 0.25) is 0 Å². The molecule has 78 valence electrons. The van der Waals surface area contributed by atoms with Crippen LogP contribution in [0.4, 0.5) is 14.1 Å². The van der Waals surface area contributed by atoms with E-state index >= 15 is 0 Å². The van der Waals surface area contributed by atoms with Crippen molar-refractivity contribution in [2.45, 2.75) is 18.9 Å². The van der Waals surface area contributed by atoms with Gasteiger partial charge in [0.2, 0.25) is 0 Å². The number of thiol groups is 1. The van der Waals surface area contributed by atoms with Crippen molar-refractivity contribution in [3.63, 3.8) is 0 Å². The highest BCUT2D eigenvalue weighted by molar-refractivity contribution is 7.77. The summed E-state index contributed by atoms with van der Waals surface area (Å²) in [6.07, 6.45) is 2.49. The van der Waals surface area contributed by atoms with Gasteiger partial charge in [-0.15, -0.1) is 0 Å². The smallest absolute Gasteiger partial charge is 0.0627 e. The van der Waals surface area contributed by atoms with E-state index in [9.17, 15) is 0 Å². The lowest BCUT2D eigenvalue weighted by molar-refractivity contribution is 0.153. The number of nitrogens with zero attached hydrogens (tertiary/aromatic N) is 1. The predicted molar refractivity (Wildman–Crippen MR) is 48.1 cm³/mol. The fourth-order valence-electron chi connectivity index (χ4n) is 1.18. The number of ether oxygens (including phenoxy) is 1. The number of methoxy groups -OCH3 is 1. The van der Waals surface area contributed by atoms with Crippen LogP contribution in [-0.4, -0.2) is 30.6 Å². The summed E-state index contributed by atoms with van der Waals surface area (Å²) in [5.41, 5.74) is 0. The maximum atomic E-state index is 5.01. The van der Waals surface area contributed by atoms with Crippen molar-refractivity contribution in [3.05, 3.63) is 0 Å². The lowest BCUT2D eigenvalue weighted by atomic mass is 10.2. The van der Waals surface area contributed by atoms with Gasteiger partial charge in [0.25, 0.3) is 0 Å². The van der Waals surface area contributed by atoms with Crippen LogP contribution in [0.15, 0.2) is 0 Å². The van der Waals surface area contributed by atoms with Gasteiger partial charge < -0.3 is 4.74 Å². The molecule has 0 aliphatic carbocycles. The molecule has 1 aliphatic rings. The van der Waals surface area contributed by atoms with Gasteiger partial charge in [-0.2, -0.15) is 0 Å². The fourth-order valence-corrected chi connectivity index (χ4v) is 1.51. The summed E-state index contributed by atoms with van der Waals surface area (Å²) in [5, 5.41) is 0. The summed E-state index contributed by atoms with van der Waals surface area (Å²) in [5.74, 6) is 0. The molecule has 0 aromatic rings. The highest BCUT2D eigenvalue weighted by atomic mass is 32.1. The second-order valence-corrected chi connectivity index (χ2v) is 2.93. The second kappa shape index (κ2) is 9.15. The Morgan fingerprint density at radius 1 is 1.42 bits per heavy atom. The molecule has 0 bridgehead atoms. The zero-order valence-electron chi connectivity index (χ0n) is 6.93. The fraction of sp³-hybridized carbons (Fsp3) is 1.00. The Morgan fingerprint density at radius 3 is 2.33 bits per heavy atom. The zero-order valence-corrected chi connectivity index (χ0v) is 7.83. The zero-order chi connectivity index (χ0) is 6.69. The van der Waals surface area contributed by atoms with Gasteiger partial charge in [-0.25, -0.2) is 4.31 Å². The van der Waals surface area contributed by atoms with Crippen LogP contribution in [0.3, 0.4) is 0 Å². The third-order valence-corrected chi connectivity index (χ3v) is 2.23. The van der Waals surface area contributed by atoms with Gasteiger partial charge in [-0.1, -0.05) is 12.8 Å². The molecule has 0 spiro atoms. The van der Waals surface area contributed by atoms with Crippen molar-refractivity contribution >= 4 is 12.8 Å². The minimum Gasteiger partial charge on any atom is -0.383 e. The van der Waals surface area contributed by atoms with Crippen molar-refractivity contribution in [2.75, 3.05) is 20.3 Å². The minimum absolute atomic E-state index is 0. The molecule has 0 aromatic carbocycles. The first kappa shape index (κ1) is 18.0. The molecule has 2 nitrogen and oxygen atoms in total. The average Bonchev–Trinajstić information content (AvgIpc) is 2.18. The molecule has 1 aliphatic heterocycles. The van der Waals surface area contributed by atoms with E-state index in [1.54, 1.807) is 7.11 Å². The van der Waals surface area contributed by atoms with Gasteiger partial charge in [0, 0.05) is 19.7 Å². The molecule has 1 unspecified atom stereocenters. The molecule has 0 radical (unpaired) electrons. The number of hydrogen-bond acceptors (Lipinski definition) is 3. The third kappa shape index (κ3) is 4.84. The molecular weight excluding hydrogens is 191 g/mol. The van der Waals surface area contributed by atoms with E-state index in [1.807, 2.05) is 0 Å². The normalized spacial score (nSPS) is 22.0. The molecule has 12 heavy (non-hydrogen) atoms. The maximum absolute atomic E-state index is 5.01. The summed E-state index contributed by atoms with van der Waals surface area (Å²) in [6.45, 7) is 1.93. The first-order valence-corrected chi connectivity index (χ1v) is 3.69. The Morgan fingerprint density at radius 2 is 2.00 bits per heavy atom. The van der Waals surface area contributed by atoms with E-state index in [1.165, 1.54) is 12.8 Å². The van der Waals surface area contributed by atoms with Crippen LogP contribution in [-0.2, 0) is 4.74 Å². The van der Waals surface area contributed by atoms with Gasteiger partial charge in [0.1, 0.15) is 0 Å². The minimum atomic E-state index is 0. The van der Waals surface area contributed by atoms with Crippen LogP contribution in [0.5, 0.6) is 0 Å². The Hall–Kier alpha value is 0.0600. The summed E-state index contributed by atoms with van der Waals surface area (Å²) in [6, 6.07) is 0.554. The molecule has 6 heteroatoms. The van der Waals surface area contributed by atoms with Crippen LogP contribution >= 0.6 is 12.8 Å². The highest BCUT2D eigenvalue weighted by Crippen LogP contribution is 2.18. The van der Waals surface area contributed by atoms with Crippen molar-refractivity contribution in [1.82, 2.24) is 4.31 Å². The van der Waals surface area contributed by atoms with Crippen LogP contribution in [0, 0.1) is 0 Å². The second-order valence-electron chi connectivity index (χ2n) is 2.41. The number of rotatable bonds is 2. The lowest BCUT2D eigenvalue weighted by Crippen LogP contribution is -2.24. The van der Waals surface area contributed by atoms with Crippen LogP contribution in [0.1, 0.15) is 12.8 Å². The van der Waals surface area contributed by atoms with E-state index in [-0.39, 0.29) is 14.1 Å². The van der Waals surface area contributed by atoms with E-state index in [0.717, 1.165) is 13.2 Å². The maximum Gasteiger partial charge on any atom is 0.0627 e. The third-order valence-electron chi connectivity index (χ3n) is 1.71. The van der Waals surface area contributed by atoms with E-state index < -0.39 is 0 Å². The first-order valence-electron chi connectivity index (χ1n) is 3.29. The molecule has 0 saturated carbocycles. The highest BCUT2D eigenvalue weighted by Gasteiger charge is 2.20. The Kier molecular flexibility index (Phi) is 13.7. The summed E-state index contributed by atoms with van der Waals surface area (Å²) < 4.78 is 7.06. The van der Waals surface area contributed by atoms with Gasteiger partial charge in [0.05, 0.1) is 6.61 Å². The largest absolute Gasteiger partial charge is 0.383 e. The number of hydrogen-bond donors (Lipinski definition) is 1. The monoisotopic (exact) mass is 207 g/mol. The number of halogens is 3. The molecule has 1 rings (SSSR count). The van der Waals surface area contributed by atoms with Crippen LogP contribution < -0.4 is 0 Å². The summed E-state index contributed by atoms with van der Waals surface area (Å²) >= 11 is 4.27. The molecule has 0 N–H and O–H groups in total. The molecule has 0 aromatic heterocycles. The standard InChI is InChI=1S/C6H13NOS.3FH/c1-8-5-6-3-2-4-7(6)9;;;/h6,9H,2-5H2,1H3;3*1H. The van der Waals surface area contributed by atoms with Gasteiger partial charge in [0.15, 0.2) is 0 Å². The van der Waals surface area contributed by atoms with Gasteiger partial charge in [-0.3, -0.25) is 14.1 Å². The molecular formula is C6H16F3NOS. The Bertz CT molecular complexity index is 98.9. The average molecular weight is 207 g/mol. The summed E-state index contributed by atoms with van der Waals surface area (Å²) in [4.78, 5) is 0. The Balaban J connectivity index is -0.000000270. The molecule has 1 heterocycles. The van der Waals surface area contributed by atoms with E-state index in [2.05, 4.69) is 17.1 Å². The van der Waals surface area contributed by atoms with Crippen LogP contribution in [0.25, 0.3) is 0 Å². The quantitative estimate of drug-likeness (QED) is 0.687. The van der Waals surface area contributed by atoms with Crippen molar-refractivity contribution in [1.29, 1.82) is 0 Å². The molecule has 1 atom stereocenters. The van der Waals surface area contributed by atoms with Crippen molar-refractivity contribution in [3.8, 4) is 0 Å². The SMILES string of the molecule is COCC1CCCN1S.F.F.F. The summed E-state index contributed by atoms with van der Waals surface area (Å²) in [7, 11) is 1.74.